The number of hydrogen-bond acceptors (Lipinski definition) is 8. The van der Waals surface area contributed by atoms with Gasteiger partial charge in [0.05, 0.1) is 24.3 Å². The van der Waals surface area contributed by atoms with Gasteiger partial charge in [-0.05, 0) is 135 Å². The van der Waals surface area contributed by atoms with Crippen LogP contribution in [0.1, 0.15) is 52.8 Å². The summed E-state index contributed by atoms with van der Waals surface area (Å²) in [4.78, 5) is 39.3. The zero-order valence-corrected chi connectivity index (χ0v) is 31.4. The van der Waals surface area contributed by atoms with Crippen molar-refractivity contribution in [2.24, 2.45) is 35.5 Å². The highest BCUT2D eigenvalue weighted by molar-refractivity contribution is 5.83. The van der Waals surface area contributed by atoms with Crippen LogP contribution in [0.2, 0.25) is 0 Å². The van der Waals surface area contributed by atoms with Gasteiger partial charge in [-0.2, -0.15) is 0 Å². The van der Waals surface area contributed by atoms with E-state index in [1.807, 2.05) is 42.5 Å². The number of carbonyl (C=O) groups is 3. The summed E-state index contributed by atoms with van der Waals surface area (Å²) < 4.78 is 6.46. The number of nitrogens with zero attached hydrogens (tertiary/aromatic N) is 1. The summed E-state index contributed by atoms with van der Waals surface area (Å²) in [5.41, 5.74) is 5.82. The molecule has 0 saturated carbocycles. The molecule has 3 saturated heterocycles. The van der Waals surface area contributed by atoms with E-state index in [1.54, 1.807) is 0 Å². The molecule has 292 valence electrons. The van der Waals surface area contributed by atoms with Gasteiger partial charge in [0.15, 0.2) is 0 Å². The molecule has 0 bridgehead atoms. The molecule has 3 aliphatic rings. The van der Waals surface area contributed by atoms with Crippen molar-refractivity contribution >= 4 is 28.9 Å². The van der Waals surface area contributed by atoms with Gasteiger partial charge >= 0.3 is 17.9 Å². The van der Waals surface area contributed by atoms with Crippen LogP contribution in [0.5, 0.6) is 0 Å². The van der Waals surface area contributed by atoms with Crippen molar-refractivity contribution in [3.63, 3.8) is 0 Å². The number of benzene rings is 3. The molecule has 3 aliphatic heterocycles. The maximum Gasteiger partial charge on any atom is 0.307 e. The van der Waals surface area contributed by atoms with E-state index >= 15 is 0 Å². The quantitative estimate of drug-likeness (QED) is 0.0793. The van der Waals surface area contributed by atoms with Crippen LogP contribution >= 0.6 is 0 Å². The molecule has 7 rings (SSSR count). The van der Waals surface area contributed by atoms with Crippen molar-refractivity contribution in [2.75, 3.05) is 39.3 Å². The largest absolute Gasteiger partial charge is 0.481 e. The molecular weight excluding hydrogens is 697 g/mol. The Kier molecular flexibility index (Phi) is 12.6. The Hall–Kier alpha value is -4.55. The maximum absolute atomic E-state index is 12.4. The fourth-order valence-electron chi connectivity index (χ4n) is 9.22. The van der Waals surface area contributed by atoms with Crippen LogP contribution in [0.4, 0.5) is 0 Å². The van der Waals surface area contributed by atoms with Crippen LogP contribution in [-0.4, -0.2) is 77.4 Å². The van der Waals surface area contributed by atoms with Gasteiger partial charge in [-0.25, -0.2) is 0 Å². The summed E-state index contributed by atoms with van der Waals surface area (Å²) >= 11 is 0. The van der Waals surface area contributed by atoms with Crippen molar-refractivity contribution in [1.29, 1.82) is 0 Å². The number of hydrogen-bond donors (Lipinski definition) is 6. The van der Waals surface area contributed by atoms with Crippen LogP contribution in [0, 0.1) is 35.5 Å². The lowest BCUT2D eigenvalue weighted by atomic mass is 9.85. The maximum atomic E-state index is 12.4. The molecule has 55 heavy (non-hydrogen) atoms. The van der Waals surface area contributed by atoms with Crippen LogP contribution in [0.25, 0.3) is 11.0 Å². The molecule has 4 heterocycles. The van der Waals surface area contributed by atoms with Gasteiger partial charge in [0.1, 0.15) is 11.3 Å². The van der Waals surface area contributed by atoms with E-state index < -0.39 is 35.7 Å². The average molecular weight is 751 g/mol. The third-order valence-corrected chi connectivity index (χ3v) is 12.2. The minimum absolute atomic E-state index is 0.0855. The van der Waals surface area contributed by atoms with E-state index in [2.05, 4.69) is 51.2 Å². The molecule has 4 aromatic rings. The zero-order chi connectivity index (χ0) is 38.3. The standard InChI is InChI=1S/C44H54N4O7/c49-42(50)38(33-10-13-45-22-33)18-28-4-1-6-30(16-28)25-48(26-31-7-2-5-29(17-31)19-39(43(51)52)34-11-14-46-23-34)27-36-21-37-32(8-3-9-41(37)55-36)20-40(44(53)54)35-12-15-47-24-35/h1-9,16-17,21,33-35,38-40,45-47H,10-15,18-20,22-27H2,(H,49,50)(H,51,52)(H,53,54)/t33-,34-,35-,38-,39-,40-/m0/s1. The first-order valence-corrected chi connectivity index (χ1v) is 19.9. The van der Waals surface area contributed by atoms with E-state index in [1.165, 1.54) is 0 Å². The van der Waals surface area contributed by atoms with Crippen molar-refractivity contribution < 1.29 is 34.1 Å². The van der Waals surface area contributed by atoms with Gasteiger partial charge in [-0.3, -0.25) is 19.3 Å². The lowest BCUT2D eigenvalue weighted by Gasteiger charge is -2.23. The van der Waals surface area contributed by atoms with E-state index in [0.717, 1.165) is 96.5 Å². The number of fused-ring (bicyclic) bond motifs is 1. The number of carboxylic acid groups (broad SMARTS) is 3. The second-order valence-corrected chi connectivity index (χ2v) is 16.0. The number of furan rings is 1. The monoisotopic (exact) mass is 750 g/mol. The molecule has 11 nitrogen and oxygen atoms in total. The van der Waals surface area contributed by atoms with Crippen molar-refractivity contribution in [2.45, 2.75) is 58.2 Å². The first kappa shape index (κ1) is 38.7. The van der Waals surface area contributed by atoms with Crippen molar-refractivity contribution in [3.05, 3.63) is 106 Å². The second kappa shape index (κ2) is 17.9. The summed E-state index contributed by atoms with van der Waals surface area (Å²) in [7, 11) is 0. The number of nitrogens with one attached hydrogen (secondary N) is 3. The summed E-state index contributed by atoms with van der Waals surface area (Å²) in [5, 5.41) is 41.2. The topological polar surface area (TPSA) is 164 Å². The molecule has 0 aliphatic carbocycles. The van der Waals surface area contributed by atoms with E-state index in [9.17, 15) is 29.7 Å². The van der Waals surface area contributed by atoms with E-state index in [-0.39, 0.29) is 17.8 Å². The highest BCUT2D eigenvalue weighted by Crippen LogP contribution is 2.31. The minimum Gasteiger partial charge on any atom is -0.481 e. The van der Waals surface area contributed by atoms with Crippen LogP contribution < -0.4 is 16.0 Å². The predicted octanol–water partition coefficient (Wildman–Crippen LogP) is 5.19. The molecule has 0 amide bonds. The van der Waals surface area contributed by atoms with E-state index in [0.29, 0.717) is 45.4 Å². The summed E-state index contributed by atoms with van der Waals surface area (Å²) in [6.07, 6.45) is 3.96. The Morgan fingerprint density at radius 2 is 1.05 bits per heavy atom. The van der Waals surface area contributed by atoms with Gasteiger partial charge in [-0.15, -0.1) is 0 Å². The van der Waals surface area contributed by atoms with Crippen LogP contribution in [0.15, 0.2) is 77.2 Å². The lowest BCUT2D eigenvalue weighted by Crippen LogP contribution is -2.27. The molecule has 6 atom stereocenters. The molecule has 0 radical (unpaired) electrons. The van der Waals surface area contributed by atoms with Gasteiger partial charge in [0.2, 0.25) is 0 Å². The molecule has 11 heteroatoms. The average Bonchev–Trinajstić information content (AvgIpc) is 4.01. The lowest BCUT2D eigenvalue weighted by molar-refractivity contribution is -0.144. The smallest absolute Gasteiger partial charge is 0.307 e. The molecule has 0 spiro atoms. The third-order valence-electron chi connectivity index (χ3n) is 12.2. The number of rotatable bonds is 18. The minimum atomic E-state index is -0.769. The Morgan fingerprint density at radius 1 is 0.600 bits per heavy atom. The normalized spacial score (nSPS) is 21.6. The van der Waals surface area contributed by atoms with Crippen molar-refractivity contribution in [1.82, 2.24) is 20.9 Å². The Morgan fingerprint density at radius 3 is 1.51 bits per heavy atom. The van der Waals surface area contributed by atoms with Gasteiger partial charge in [-0.1, -0.05) is 60.7 Å². The number of aliphatic carboxylic acids is 3. The molecule has 3 aromatic carbocycles. The Labute approximate surface area is 322 Å². The molecule has 3 fully saturated rings. The van der Waals surface area contributed by atoms with Crippen LogP contribution in [0.3, 0.4) is 0 Å². The molecule has 1 aromatic heterocycles. The van der Waals surface area contributed by atoms with Crippen LogP contribution in [-0.2, 0) is 53.3 Å². The fraction of sp³-hybridized carbons (Fsp3) is 0.477. The third kappa shape index (κ3) is 9.83. The first-order chi connectivity index (χ1) is 26.7. The first-order valence-electron chi connectivity index (χ1n) is 19.9. The zero-order valence-electron chi connectivity index (χ0n) is 31.4. The van der Waals surface area contributed by atoms with E-state index in [4.69, 9.17) is 4.42 Å². The highest BCUT2D eigenvalue weighted by atomic mass is 16.4. The van der Waals surface area contributed by atoms with Gasteiger partial charge in [0, 0.05) is 18.5 Å². The molecular formula is C44H54N4O7. The molecule has 0 unspecified atom stereocenters. The van der Waals surface area contributed by atoms with Crippen molar-refractivity contribution in [3.8, 4) is 0 Å². The number of carboxylic acids is 3. The molecule has 6 N–H and O–H groups in total. The van der Waals surface area contributed by atoms with Gasteiger partial charge < -0.3 is 35.7 Å². The Balaban J connectivity index is 1.14. The Bertz CT molecular complexity index is 1860. The predicted molar refractivity (Wildman–Crippen MR) is 209 cm³/mol. The second-order valence-electron chi connectivity index (χ2n) is 16.0. The SMILES string of the molecule is O=C(O)[C@@H](Cc1cccc(CN(Cc2cccc(C[C@H](C(=O)O)[C@H]3CCNC3)c2)Cc2cc3c(C[C@H](C(=O)O)[C@H]4CCNC4)cccc3o2)c1)[C@H]1CCNC1. The highest BCUT2D eigenvalue weighted by Gasteiger charge is 2.33. The fourth-order valence-corrected chi connectivity index (χ4v) is 9.22. The summed E-state index contributed by atoms with van der Waals surface area (Å²) in [6, 6.07) is 24.4. The van der Waals surface area contributed by atoms with Gasteiger partial charge in [0.25, 0.3) is 0 Å². The summed E-state index contributed by atoms with van der Waals surface area (Å²) in [5.74, 6) is -2.60. The summed E-state index contributed by atoms with van der Waals surface area (Å²) in [6.45, 7) is 6.33.